The molecular weight excluding hydrogens is 232 g/mol. The van der Waals surface area contributed by atoms with Gasteiger partial charge < -0.3 is 6.53 Å². The van der Waals surface area contributed by atoms with Gasteiger partial charge in [0.15, 0.2) is 5.78 Å². The van der Waals surface area contributed by atoms with E-state index in [4.69, 9.17) is 5.11 Å². The van der Waals surface area contributed by atoms with Gasteiger partial charge in [0, 0.05) is 11.6 Å². The molecule has 0 aliphatic carbocycles. The molecule has 0 unspecified atom stereocenters. The molecule has 0 saturated carbocycles. The summed E-state index contributed by atoms with van der Waals surface area (Å²) in [4.78, 5) is 11.1. The maximum atomic E-state index is 12.2. The number of benzene rings is 1. The Morgan fingerprint density at radius 3 is 2.50 bits per heavy atom. The van der Waals surface area contributed by atoms with Gasteiger partial charge in [0.05, 0.1) is 11.8 Å². The van der Waals surface area contributed by atoms with Crippen LogP contribution in [0.5, 0.6) is 0 Å². The molecular formula is C10H8F3NaO2. The SMILES string of the molecule is O=C(/C=C/O)c1cccc(C(F)(F)F)c1.[H-].[Na+]. The number of alkyl halides is 3. The Kier molecular flexibility index (Phi) is 5.78. The Bertz CT molecular complexity index is 405. The number of hydrogen-bond donors (Lipinski definition) is 1. The van der Waals surface area contributed by atoms with E-state index < -0.39 is 17.5 Å². The summed E-state index contributed by atoms with van der Waals surface area (Å²) >= 11 is 0. The third-order valence-electron chi connectivity index (χ3n) is 1.70. The van der Waals surface area contributed by atoms with Gasteiger partial charge in [-0.05, 0) is 12.1 Å². The van der Waals surface area contributed by atoms with Gasteiger partial charge in [-0.1, -0.05) is 12.1 Å². The van der Waals surface area contributed by atoms with Crippen molar-refractivity contribution in [1.82, 2.24) is 0 Å². The molecule has 16 heavy (non-hydrogen) atoms. The van der Waals surface area contributed by atoms with Gasteiger partial charge in [0.1, 0.15) is 0 Å². The summed E-state index contributed by atoms with van der Waals surface area (Å²) in [6.45, 7) is 0. The zero-order valence-electron chi connectivity index (χ0n) is 9.45. The molecule has 0 aliphatic rings. The van der Waals surface area contributed by atoms with Gasteiger partial charge in [-0.3, -0.25) is 4.79 Å². The number of hydrogen-bond acceptors (Lipinski definition) is 2. The molecule has 0 fully saturated rings. The molecule has 0 heterocycles. The zero-order valence-corrected chi connectivity index (χ0v) is 10.5. The van der Waals surface area contributed by atoms with Gasteiger partial charge >= 0.3 is 35.7 Å². The summed E-state index contributed by atoms with van der Waals surface area (Å²) in [5.41, 5.74) is -1.00. The fraction of sp³-hybridized carbons (Fsp3) is 0.100. The van der Waals surface area contributed by atoms with Gasteiger partial charge in [-0.25, -0.2) is 0 Å². The summed E-state index contributed by atoms with van der Waals surface area (Å²) in [6, 6.07) is 4.00. The Hall–Kier alpha value is -0.780. The molecule has 0 bridgehead atoms. The normalized spacial score (nSPS) is 11.2. The number of carbonyl (C=O) groups excluding carboxylic acids is 1. The molecule has 0 radical (unpaired) electrons. The second-order valence-corrected chi connectivity index (χ2v) is 2.76. The van der Waals surface area contributed by atoms with Crippen LogP contribution in [0.3, 0.4) is 0 Å². The summed E-state index contributed by atoms with van der Waals surface area (Å²) in [6.07, 6.45) is -3.20. The van der Waals surface area contributed by atoms with Crippen LogP contribution >= 0.6 is 0 Å². The second kappa shape index (κ2) is 6.08. The van der Waals surface area contributed by atoms with Crippen molar-refractivity contribution >= 4 is 5.78 Å². The molecule has 82 valence electrons. The molecule has 0 aromatic heterocycles. The largest absolute Gasteiger partial charge is 1.00 e. The van der Waals surface area contributed by atoms with E-state index in [2.05, 4.69) is 0 Å². The van der Waals surface area contributed by atoms with E-state index in [1.54, 1.807) is 0 Å². The molecule has 0 amide bonds. The first-order valence-electron chi connectivity index (χ1n) is 3.97. The van der Waals surface area contributed by atoms with E-state index in [9.17, 15) is 18.0 Å². The Morgan fingerprint density at radius 2 is 2.00 bits per heavy atom. The number of aliphatic hydroxyl groups is 1. The van der Waals surface area contributed by atoms with E-state index in [0.29, 0.717) is 6.26 Å². The monoisotopic (exact) mass is 240 g/mol. The van der Waals surface area contributed by atoms with Gasteiger partial charge in [-0.15, -0.1) is 0 Å². The molecule has 1 N–H and O–H groups in total. The van der Waals surface area contributed by atoms with Crippen molar-refractivity contribution in [2.45, 2.75) is 6.18 Å². The van der Waals surface area contributed by atoms with Gasteiger partial charge in [-0.2, -0.15) is 13.2 Å². The quantitative estimate of drug-likeness (QED) is 0.344. The Balaban J connectivity index is 0. The van der Waals surface area contributed by atoms with Crippen LogP contribution in [0.15, 0.2) is 36.6 Å². The van der Waals surface area contributed by atoms with E-state index >= 15 is 0 Å². The van der Waals surface area contributed by atoms with Crippen molar-refractivity contribution < 1.29 is 54.1 Å². The molecule has 1 aromatic rings. The van der Waals surface area contributed by atoms with Gasteiger partial charge in [0.25, 0.3) is 0 Å². The van der Waals surface area contributed by atoms with Crippen LogP contribution in [0, 0.1) is 0 Å². The maximum absolute atomic E-state index is 12.2. The van der Waals surface area contributed by atoms with Crippen molar-refractivity contribution in [3.8, 4) is 0 Å². The number of ketones is 1. The predicted molar refractivity (Wildman–Crippen MR) is 48.7 cm³/mol. The number of halogens is 3. The number of carbonyl (C=O) groups is 1. The average Bonchev–Trinajstić information content (AvgIpc) is 2.17. The van der Waals surface area contributed by atoms with E-state index in [-0.39, 0.29) is 36.5 Å². The predicted octanol–water partition coefficient (Wildman–Crippen LogP) is 0.0763. The smallest absolute Gasteiger partial charge is 1.00 e. The van der Waals surface area contributed by atoms with E-state index in [1.165, 1.54) is 6.07 Å². The van der Waals surface area contributed by atoms with Crippen LogP contribution in [0.2, 0.25) is 0 Å². The van der Waals surface area contributed by atoms with Crippen molar-refractivity contribution in [2.75, 3.05) is 0 Å². The van der Waals surface area contributed by atoms with Crippen LogP contribution in [0.1, 0.15) is 17.3 Å². The zero-order chi connectivity index (χ0) is 11.5. The minimum absolute atomic E-state index is 0. The molecule has 0 spiro atoms. The van der Waals surface area contributed by atoms with Crippen LogP contribution in [-0.4, -0.2) is 10.9 Å². The van der Waals surface area contributed by atoms with Crippen molar-refractivity contribution in [2.24, 2.45) is 0 Å². The Morgan fingerprint density at radius 1 is 1.38 bits per heavy atom. The van der Waals surface area contributed by atoms with Crippen LogP contribution in [0.4, 0.5) is 13.2 Å². The Labute approximate surface area is 114 Å². The van der Waals surface area contributed by atoms with E-state index in [1.807, 2.05) is 0 Å². The van der Waals surface area contributed by atoms with Crippen molar-refractivity contribution in [3.63, 3.8) is 0 Å². The standard InChI is InChI=1S/C10H7F3O2.Na.H/c11-10(12,13)8-3-1-2-7(6-8)9(15)4-5-14;;/h1-6,14H;;/q;+1;-1/b5-4+;;. The third kappa shape index (κ3) is 4.00. The van der Waals surface area contributed by atoms with Crippen LogP contribution in [0.25, 0.3) is 0 Å². The number of rotatable bonds is 2. The number of aliphatic hydroxyl groups excluding tert-OH is 1. The van der Waals surface area contributed by atoms with Gasteiger partial charge in [0.2, 0.25) is 0 Å². The first-order valence-corrected chi connectivity index (χ1v) is 3.97. The first kappa shape index (κ1) is 15.2. The molecule has 6 heteroatoms. The molecule has 0 atom stereocenters. The van der Waals surface area contributed by atoms with E-state index in [0.717, 1.165) is 24.3 Å². The topological polar surface area (TPSA) is 37.3 Å². The average molecular weight is 240 g/mol. The maximum Gasteiger partial charge on any atom is 1.00 e. The summed E-state index contributed by atoms with van der Waals surface area (Å²) in [7, 11) is 0. The minimum atomic E-state index is -4.47. The summed E-state index contributed by atoms with van der Waals surface area (Å²) < 4.78 is 36.7. The molecule has 0 aliphatic heterocycles. The summed E-state index contributed by atoms with van der Waals surface area (Å²) in [5, 5.41) is 8.30. The van der Waals surface area contributed by atoms with Crippen molar-refractivity contribution in [1.29, 1.82) is 0 Å². The van der Waals surface area contributed by atoms with Crippen LogP contribution < -0.4 is 29.6 Å². The summed E-state index contributed by atoms with van der Waals surface area (Å²) in [5.74, 6) is -0.677. The molecule has 2 nitrogen and oxygen atoms in total. The molecule has 1 rings (SSSR count). The minimum Gasteiger partial charge on any atom is -1.00 e. The molecule has 1 aromatic carbocycles. The second-order valence-electron chi connectivity index (χ2n) is 2.76. The van der Waals surface area contributed by atoms with Crippen LogP contribution in [-0.2, 0) is 6.18 Å². The third-order valence-corrected chi connectivity index (χ3v) is 1.70. The first-order chi connectivity index (χ1) is 6.95. The fourth-order valence-corrected chi connectivity index (χ4v) is 1.01. The number of allylic oxidation sites excluding steroid dienone is 1. The molecule has 0 saturated heterocycles. The fourth-order valence-electron chi connectivity index (χ4n) is 1.01. The van der Waals surface area contributed by atoms with Crippen molar-refractivity contribution in [3.05, 3.63) is 47.7 Å².